The maximum Gasteiger partial charge on any atom is 0.414 e. The molecule has 0 unspecified atom stereocenters. The second kappa shape index (κ2) is 7.90. The van der Waals surface area contributed by atoms with E-state index >= 15 is 0 Å². The minimum atomic E-state index is -0.658. The monoisotopic (exact) mass is 409 g/mol. The van der Waals surface area contributed by atoms with Crippen molar-refractivity contribution in [2.45, 2.75) is 13.0 Å². The number of hydrogen-bond acceptors (Lipinski definition) is 7. The number of furan rings is 1. The highest BCUT2D eigenvalue weighted by Gasteiger charge is 2.32. The van der Waals surface area contributed by atoms with Crippen LogP contribution in [0.2, 0.25) is 0 Å². The highest BCUT2D eigenvalue weighted by Crippen LogP contribution is 2.41. The molecule has 0 bridgehead atoms. The zero-order valence-electron chi connectivity index (χ0n) is 16.5. The largest absolute Gasteiger partial charge is 0.485 e. The van der Waals surface area contributed by atoms with Gasteiger partial charge in [0.05, 0.1) is 26.5 Å². The quantitative estimate of drug-likeness (QED) is 0.609. The lowest BCUT2D eigenvalue weighted by molar-refractivity contribution is -0.117. The Kier molecular flexibility index (Phi) is 5.14. The van der Waals surface area contributed by atoms with Crippen LogP contribution in [-0.2, 0) is 27.3 Å². The van der Waals surface area contributed by atoms with Crippen molar-refractivity contribution in [3.05, 3.63) is 59.4 Å². The number of carbonyl (C=O) groups is 3. The predicted molar refractivity (Wildman–Crippen MR) is 107 cm³/mol. The van der Waals surface area contributed by atoms with Gasteiger partial charge in [0.15, 0.2) is 17.1 Å². The van der Waals surface area contributed by atoms with Crippen molar-refractivity contribution in [2.24, 2.45) is 0 Å². The van der Waals surface area contributed by atoms with Crippen LogP contribution < -0.4 is 9.64 Å². The molecule has 8 heteroatoms. The molecular formula is C22H19NO7. The van der Waals surface area contributed by atoms with E-state index < -0.39 is 12.1 Å². The van der Waals surface area contributed by atoms with Crippen LogP contribution in [0.15, 0.2) is 46.9 Å². The van der Waals surface area contributed by atoms with Gasteiger partial charge in [-0.15, -0.1) is 0 Å². The lowest BCUT2D eigenvalue weighted by Gasteiger charge is -2.28. The molecule has 0 spiro atoms. The first-order chi connectivity index (χ1) is 14.5. The Morgan fingerprint density at radius 2 is 1.87 bits per heavy atom. The molecule has 2 aromatic carbocycles. The van der Waals surface area contributed by atoms with E-state index in [0.717, 1.165) is 5.56 Å². The van der Waals surface area contributed by atoms with E-state index in [1.54, 1.807) is 6.07 Å². The number of ether oxygens (including phenoxy) is 3. The maximum atomic E-state index is 12.3. The molecule has 1 aromatic heterocycles. The predicted octanol–water partition coefficient (Wildman–Crippen LogP) is 3.50. The van der Waals surface area contributed by atoms with E-state index in [4.69, 9.17) is 18.6 Å². The fraction of sp³-hybridized carbons (Fsp3) is 0.227. The molecule has 0 radical (unpaired) electrons. The maximum absolute atomic E-state index is 12.3. The molecule has 0 N–H and O–H groups in total. The van der Waals surface area contributed by atoms with Gasteiger partial charge < -0.3 is 18.6 Å². The molecule has 0 saturated carbocycles. The summed E-state index contributed by atoms with van der Waals surface area (Å²) in [5, 5.41) is 0.512. The van der Waals surface area contributed by atoms with E-state index in [1.807, 2.05) is 30.3 Å². The number of nitrogens with zero attached hydrogens (tertiary/aromatic N) is 1. The fourth-order valence-corrected chi connectivity index (χ4v) is 3.47. The minimum absolute atomic E-state index is 0.0203. The number of fused-ring (bicyclic) bond motifs is 3. The zero-order chi connectivity index (χ0) is 21.3. The third kappa shape index (κ3) is 3.47. The molecule has 3 aromatic rings. The molecular weight excluding hydrogens is 390 g/mol. The number of rotatable bonds is 4. The molecule has 8 nitrogen and oxygen atoms in total. The first-order valence-corrected chi connectivity index (χ1v) is 9.23. The summed E-state index contributed by atoms with van der Waals surface area (Å²) in [6, 6.07) is 12.7. The third-order valence-corrected chi connectivity index (χ3v) is 4.88. The van der Waals surface area contributed by atoms with Gasteiger partial charge in [-0.25, -0.2) is 9.59 Å². The van der Waals surface area contributed by atoms with Crippen molar-refractivity contribution in [3.8, 4) is 5.75 Å². The summed E-state index contributed by atoms with van der Waals surface area (Å²) in [5.74, 6) is -0.493. The van der Waals surface area contributed by atoms with Gasteiger partial charge in [0.25, 0.3) is 0 Å². The molecule has 154 valence electrons. The molecule has 0 fully saturated rings. The summed E-state index contributed by atoms with van der Waals surface area (Å²) in [6.45, 7) is 0.144. The molecule has 30 heavy (non-hydrogen) atoms. The molecule has 1 aliphatic rings. The smallest absolute Gasteiger partial charge is 0.414 e. The lowest BCUT2D eigenvalue weighted by atomic mass is 9.97. The Labute approximate surface area is 171 Å². The van der Waals surface area contributed by atoms with Crippen LogP contribution in [0.1, 0.15) is 21.7 Å². The number of amides is 1. The Hall–Kier alpha value is -3.81. The van der Waals surface area contributed by atoms with Crippen LogP contribution in [-0.4, -0.2) is 38.6 Å². The van der Waals surface area contributed by atoms with Crippen LogP contribution in [0.25, 0.3) is 11.0 Å². The van der Waals surface area contributed by atoms with E-state index in [0.29, 0.717) is 28.0 Å². The number of anilines is 1. The van der Waals surface area contributed by atoms with E-state index in [2.05, 4.69) is 0 Å². The molecule has 2 heterocycles. The number of methoxy groups -OCH3 is 2. The summed E-state index contributed by atoms with van der Waals surface area (Å²) in [7, 11) is 2.50. The van der Waals surface area contributed by atoms with Crippen LogP contribution in [0.3, 0.4) is 0 Å². The summed E-state index contributed by atoms with van der Waals surface area (Å²) in [4.78, 5) is 37.8. The number of esters is 1. The van der Waals surface area contributed by atoms with Gasteiger partial charge in [-0.1, -0.05) is 30.3 Å². The number of Topliss-reactive ketones (excluding diaryl/α,β-unsaturated/α-hetero) is 1. The van der Waals surface area contributed by atoms with Crippen molar-refractivity contribution in [3.63, 3.8) is 0 Å². The highest BCUT2D eigenvalue weighted by molar-refractivity contribution is 6.07. The van der Waals surface area contributed by atoms with E-state index in [1.165, 1.54) is 25.2 Å². The third-order valence-electron chi connectivity index (χ3n) is 4.88. The second-order valence-corrected chi connectivity index (χ2v) is 6.76. The Balaban J connectivity index is 1.86. The number of ketones is 1. The van der Waals surface area contributed by atoms with Gasteiger partial charge in [0.1, 0.15) is 6.61 Å². The molecule has 0 atom stereocenters. The molecule has 0 saturated heterocycles. The van der Waals surface area contributed by atoms with E-state index in [9.17, 15) is 14.4 Å². The number of benzene rings is 2. The standard InChI is InChI=1S/C22H19NO7/c1-27-21(25)19-9-16-15-8-14(24)11-23(22(26)28-2)17(15)10-18(20(16)30-19)29-12-13-6-4-3-5-7-13/h3-7,9-10H,8,11-12H2,1-2H3. The average Bonchev–Trinajstić information content (AvgIpc) is 3.23. The molecule has 4 rings (SSSR count). The van der Waals surface area contributed by atoms with E-state index in [-0.39, 0.29) is 31.1 Å². The Bertz CT molecular complexity index is 1130. The first-order valence-electron chi connectivity index (χ1n) is 9.23. The van der Waals surface area contributed by atoms with Crippen molar-refractivity contribution >= 4 is 34.5 Å². The van der Waals surface area contributed by atoms with Gasteiger partial charge in [-0.2, -0.15) is 0 Å². The normalized spacial score (nSPS) is 13.1. The summed E-state index contributed by atoms with van der Waals surface area (Å²) >= 11 is 0. The van der Waals surface area contributed by atoms with Crippen molar-refractivity contribution in [2.75, 3.05) is 25.7 Å². The summed E-state index contributed by atoms with van der Waals surface area (Å²) in [6.07, 6.45) is -0.562. The molecule has 1 aliphatic heterocycles. The van der Waals surface area contributed by atoms with Gasteiger partial charge >= 0.3 is 12.1 Å². The topological polar surface area (TPSA) is 95.3 Å². The SMILES string of the molecule is COC(=O)c1cc2c3c(cc(OCc4ccccc4)c2o1)N(C(=O)OC)CC(=O)C3. The zero-order valence-corrected chi connectivity index (χ0v) is 16.5. The molecule has 1 amide bonds. The Morgan fingerprint density at radius 3 is 2.57 bits per heavy atom. The number of hydrogen-bond donors (Lipinski definition) is 0. The van der Waals surface area contributed by atoms with Gasteiger partial charge in [0.2, 0.25) is 5.76 Å². The Morgan fingerprint density at radius 1 is 1.10 bits per heavy atom. The minimum Gasteiger partial charge on any atom is -0.485 e. The summed E-state index contributed by atoms with van der Waals surface area (Å²) < 4.78 is 21.3. The highest BCUT2D eigenvalue weighted by atomic mass is 16.5. The van der Waals surface area contributed by atoms with Crippen LogP contribution >= 0.6 is 0 Å². The second-order valence-electron chi connectivity index (χ2n) is 6.76. The van der Waals surface area contributed by atoms with Crippen molar-refractivity contribution < 1.29 is 33.0 Å². The molecule has 0 aliphatic carbocycles. The van der Waals surface area contributed by atoms with Crippen molar-refractivity contribution in [1.29, 1.82) is 0 Å². The van der Waals surface area contributed by atoms with Crippen LogP contribution in [0.5, 0.6) is 5.75 Å². The van der Waals surface area contributed by atoms with Crippen molar-refractivity contribution in [1.82, 2.24) is 0 Å². The van der Waals surface area contributed by atoms with Gasteiger partial charge in [-0.05, 0) is 17.2 Å². The van der Waals surface area contributed by atoms with Crippen LogP contribution in [0.4, 0.5) is 10.5 Å². The first kappa shape index (κ1) is 19.5. The number of carbonyl (C=O) groups excluding carboxylic acids is 3. The lowest BCUT2D eigenvalue weighted by Crippen LogP contribution is -2.40. The van der Waals surface area contributed by atoms with Gasteiger partial charge in [-0.3, -0.25) is 9.69 Å². The average molecular weight is 409 g/mol. The van der Waals surface area contributed by atoms with Crippen LogP contribution in [0, 0.1) is 0 Å². The van der Waals surface area contributed by atoms with Gasteiger partial charge in [0, 0.05) is 17.9 Å². The summed E-state index contributed by atoms with van der Waals surface area (Å²) in [5.41, 5.74) is 2.29. The fourth-order valence-electron chi connectivity index (χ4n) is 3.47.